The highest BCUT2D eigenvalue weighted by Gasteiger charge is 2.15. The summed E-state index contributed by atoms with van der Waals surface area (Å²) in [6, 6.07) is 2.60. The molecule has 0 bridgehead atoms. The molecule has 0 aromatic carbocycles. The molecule has 0 amide bonds. The number of hydrogen-bond acceptors (Lipinski definition) is 4. The number of hydrogen-bond donors (Lipinski definition) is 2. The number of nitrogens with zero attached hydrogens (tertiary/aromatic N) is 2. The van der Waals surface area contributed by atoms with Crippen molar-refractivity contribution in [2.45, 2.75) is 45.6 Å². The molecule has 2 N–H and O–H groups in total. The third kappa shape index (κ3) is 2.84. The quantitative estimate of drug-likeness (QED) is 0.818. The average molecular weight is 220 g/mol. The highest BCUT2D eigenvalue weighted by molar-refractivity contribution is 5.48. The van der Waals surface area contributed by atoms with Crippen LogP contribution in [-0.4, -0.2) is 22.6 Å². The normalized spacial score (nSPS) is 16.4. The summed E-state index contributed by atoms with van der Waals surface area (Å²) in [6.45, 7) is 4.89. The lowest BCUT2D eigenvalue weighted by atomic mass is 10.2. The Balaban J connectivity index is 2.06. The largest absolute Gasteiger partial charge is 0.370 e. The average Bonchev–Trinajstić information content (AvgIpc) is 2.70. The zero-order valence-electron chi connectivity index (χ0n) is 10.1. The van der Waals surface area contributed by atoms with Crippen LogP contribution in [0.1, 0.15) is 38.4 Å². The zero-order chi connectivity index (χ0) is 11.4. The lowest BCUT2D eigenvalue weighted by Gasteiger charge is -2.14. The summed E-state index contributed by atoms with van der Waals surface area (Å²) < 4.78 is 0. The molecule has 4 nitrogen and oxygen atoms in total. The molecule has 0 aliphatic heterocycles. The second-order valence-electron chi connectivity index (χ2n) is 4.34. The molecule has 1 aromatic rings. The van der Waals surface area contributed by atoms with E-state index >= 15 is 0 Å². The van der Waals surface area contributed by atoms with Crippen LogP contribution in [0.25, 0.3) is 0 Å². The number of nitrogens with one attached hydrogen (secondary N) is 2. The minimum absolute atomic E-state index is 0.601. The number of aryl methyl sites for hydroxylation is 1. The monoisotopic (exact) mass is 220 g/mol. The third-order valence-corrected chi connectivity index (χ3v) is 2.90. The number of aromatic nitrogens is 2. The van der Waals surface area contributed by atoms with Crippen LogP contribution in [0.4, 0.5) is 11.6 Å². The second kappa shape index (κ2) is 5.14. The zero-order valence-corrected chi connectivity index (χ0v) is 10.1. The molecule has 1 heterocycles. The van der Waals surface area contributed by atoms with Crippen molar-refractivity contribution in [3.8, 4) is 0 Å². The molecule has 0 spiro atoms. The van der Waals surface area contributed by atoms with Gasteiger partial charge in [-0.1, -0.05) is 12.8 Å². The molecule has 1 aromatic heterocycles. The summed E-state index contributed by atoms with van der Waals surface area (Å²) in [5, 5.41) is 6.71. The second-order valence-corrected chi connectivity index (χ2v) is 4.34. The van der Waals surface area contributed by atoms with E-state index in [1.165, 1.54) is 25.7 Å². The Morgan fingerprint density at radius 2 is 1.94 bits per heavy atom. The Labute approximate surface area is 96.9 Å². The van der Waals surface area contributed by atoms with E-state index in [9.17, 15) is 0 Å². The van der Waals surface area contributed by atoms with Crippen molar-refractivity contribution in [2.24, 2.45) is 0 Å². The van der Waals surface area contributed by atoms with Crippen LogP contribution in [0.2, 0.25) is 0 Å². The van der Waals surface area contributed by atoms with Crippen LogP contribution >= 0.6 is 0 Å². The molecule has 0 saturated heterocycles. The van der Waals surface area contributed by atoms with Gasteiger partial charge >= 0.3 is 0 Å². The maximum atomic E-state index is 4.42. The van der Waals surface area contributed by atoms with Crippen molar-refractivity contribution >= 4 is 11.6 Å². The first-order valence-corrected chi connectivity index (χ1v) is 6.14. The van der Waals surface area contributed by atoms with E-state index in [0.717, 1.165) is 24.0 Å². The standard InChI is InChI=1S/C12H20N4/c1-3-13-11-8-12(15-9(2)14-11)16-10-6-4-5-7-10/h8,10H,3-7H2,1-2H3,(H2,13,14,15,16). The molecular formula is C12H20N4. The van der Waals surface area contributed by atoms with Crippen LogP contribution < -0.4 is 10.6 Å². The van der Waals surface area contributed by atoms with Crippen molar-refractivity contribution in [1.82, 2.24) is 9.97 Å². The van der Waals surface area contributed by atoms with Gasteiger partial charge in [0.2, 0.25) is 0 Å². The predicted octanol–water partition coefficient (Wildman–Crippen LogP) is 2.57. The van der Waals surface area contributed by atoms with Gasteiger partial charge in [-0.2, -0.15) is 0 Å². The minimum Gasteiger partial charge on any atom is -0.370 e. The van der Waals surface area contributed by atoms with E-state index in [4.69, 9.17) is 0 Å². The van der Waals surface area contributed by atoms with Gasteiger partial charge in [0.15, 0.2) is 0 Å². The van der Waals surface area contributed by atoms with Crippen LogP contribution in [0, 0.1) is 6.92 Å². The molecule has 1 aliphatic rings. The topological polar surface area (TPSA) is 49.8 Å². The third-order valence-electron chi connectivity index (χ3n) is 2.90. The van der Waals surface area contributed by atoms with Gasteiger partial charge in [0.05, 0.1) is 0 Å². The van der Waals surface area contributed by atoms with Gasteiger partial charge in [0.25, 0.3) is 0 Å². The van der Waals surface area contributed by atoms with Gasteiger partial charge in [-0.05, 0) is 26.7 Å². The molecule has 88 valence electrons. The molecule has 1 aliphatic carbocycles. The van der Waals surface area contributed by atoms with Gasteiger partial charge in [0, 0.05) is 18.7 Å². The number of rotatable bonds is 4. The van der Waals surface area contributed by atoms with E-state index in [1.54, 1.807) is 0 Å². The Morgan fingerprint density at radius 1 is 1.25 bits per heavy atom. The van der Waals surface area contributed by atoms with Crippen molar-refractivity contribution in [2.75, 3.05) is 17.2 Å². The van der Waals surface area contributed by atoms with Crippen LogP contribution in [0.5, 0.6) is 0 Å². The summed E-state index contributed by atoms with van der Waals surface area (Å²) >= 11 is 0. The first kappa shape index (κ1) is 11.2. The summed E-state index contributed by atoms with van der Waals surface area (Å²) in [4.78, 5) is 8.75. The van der Waals surface area contributed by atoms with Crippen molar-refractivity contribution < 1.29 is 0 Å². The first-order valence-electron chi connectivity index (χ1n) is 6.14. The fourth-order valence-corrected chi connectivity index (χ4v) is 2.19. The summed E-state index contributed by atoms with van der Waals surface area (Å²) in [5.41, 5.74) is 0. The Morgan fingerprint density at radius 3 is 2.62 bits per heavy atom. The summed E-state index contributed by atoms with van der Waals surface area (Å²) in [6.07, 6.45) is 5.20. The molecule has 1 saturated carbocycles. The van der Waals surface area contributed by atoms with Gasteiger partial charge in [-0.3, -0.25) is 0 Å². The van der Waals surface area contributed by atoms with E-state index in [0.29, 0.717) is 6.04 Å². The molecule has 0 radical (unpaired) electrons. The van der Waals surface area contributed by atoms with Gasteiger partial charge in [0.1, 0.15) is 17.5 Å². The molecular weight excluding hydrogens is 200 g/mol. The van der Waals surface area contributed by atoms with Crippen LogP contribution in [0.15, 0.2) is 6.07 Å². The van der Waals surface area contributed by atoms with Crippen LogP contribution in [0.3, 0.4) is 0 Å². The minimum atomic E-state index is 0.601. The van der Waals surface area contributed by atoms with Gasteiger partial charge < -0.3 is 10.6 Å². The SMILES string of the molecule is CCNc1cc(NC2CCCC2)nc(C)n1. The smallest absolute Gasteiger partial charge is 0.132 e. The summed E-state index contributed by atoms with van der Waals surface area (Å²) in [5.74, 6) is 2.68. The Kier molecular flexibility index (Phi) is 3.59. The Bertz CT molecular complexity index is 345. The lowest BCUT2D eigenvalue weighted by Crippen LogP contribution is -2.16. The van der Waals surface area contributed by atoms with Crippen molar-refractivity contribution in [1.29, 1.82) is 0 Å². The van der Waals surface area contributed by atoms with Crippen LogP contribution in [-0.2, 0) is 0 Å². The molecule has 16 heavy (non-hydrogen) atoms. The Hall–Kier alpha value is -1.32. The maximum Gasteiger partial charge on any atom is 0.132 e. The predicted molar refractivity (Wildman–Crippen MR) is 66.8 cm³/mol. The highest BCUT2D eigenvalue weighted by atomic mass is 15.1. The molecule has 1 fully saturated rings. The van der Waals surface area contributed by atoms with Crippen molar-refractivity contribution in [3.05, 3.63) is 11.9 Å². The molecule has 4 heteroatoms. The molecule has 0 atom stereocenters. The molecule has 0 unspecified atom stereocenters. The van der Waals surface area contributed by atoms with E-state index < -0.39 is 0 Å². The molecule has 2 rings (SSSR count). The first-order chi connectivity index (χ1) is 7.78. The van der Waals surface area contributed by atoms with Gasteiger partial charge in [-0.25, -0.2) is 9.97 Å². The number of anilines is 2. The van der Waals surface area contributed by atoms with Crippen molar-refractivity contribution in [3.63, 3.8) is 0 Å². The van der Waals surface area contributed by atoms with E-state index in [-0.39, 0.29) is 0 Å². The fourth-order valence-electron chi connectivity index (χ4n) is 2.19. The lowest BCUT2D eigenvalue weighted by molar-refractivity contribution is 0.748. The van der Waals surface area contributed by atoms with E-state index in [1.807, 2.05) is 13.0 Å². The fraction of sp³-hybridized carbons (Fsp3) is 0.667. The summed E-state index contributed by atoms with van der Waals surface area (Å²) in [7, 11) is 0. The highest BCUT2D eigenvalue weighted by Crippen LogP contribution is 2.22. The maximum absolute atomic E-state index is 4.42. The van der Waals surface area contributed by atoms with E-state index in [2.05, 4.69) is 27.5 Å². The van der Waals surface area contributed by atoms with Gasteiger partial charge in [-0.15, -0.1) is 0 Å².